The summed E-state index contributed by atoms with van der Waals surface area (Å²) >= 11 is 0. The third-order valence-corrected chi connectivity index (χ3v) is 4.91. The number of rotatable bonds is 4. The molecule has 2 aromatic heterocycles. The molecule has 4 rings (SSSR count). The second-order valence-corrected chi connectivity index (χ2v) is 6.61. The van der Waals surface area contributed by atoms with E-state index in [0.29, 0.717) is 13.1 Å². The highest BCUT2D eigenvalue weighted by Crippen LogP contribution is 2.30. The Morgan fingerprint density at radius 3 is 2.74 bits per heavy atom. The number of aromatic nitrogens is 4. The lowest BCUT2D eigenvalue weighted by atomic mass is 9.93. The molecule has 0 atom stereocenters. The molecule has 3 aromatic rings. The number of ether oxygens (including phenoxy) is 1. The number of benzene rings is 1. The maximum Gasteiger partial charge on any atom is 0.260 e. The lowest BCUT2D eigenvalue weighted by Crippen LogP contribution is -2.40. The van der Waals surface area contributed by atoms with Gasteiger partial charge in [0.05, 0.1) is 5.69 Å². The van der Waals surface area contributed by atoms with Crippen molar-refractivity contribution in [1.82, 2.24) is 24.6 Å². The van der Waals surface area contributed by atoms with Crippen molar-refractivity contribution in [3.05, 3.63) is 48.2 Å². The molecule has 3 heterocycles. The summed E-state index contributed by atoms with van der Waals surface area (Å²) in [4.78, 5) is 22.9. The Balaban J connectivity index is 1.37. The predicted molar refractivity (Wildman–Crippen MR) is 96.8 cm³/mol. The molecular weight excluding hydrogens is 349 g/mol. The molecule has 1 aliphatic heterocycles. The van der Waals surface area contributed by atoms with Crippen molar-refractivity contribution < 1.29 is 13.9 Å². The highest BCUT2D eigenvalue weighted by atomic mass is 19.1. The molecular formula is C19H20FN5O2. The predicted octanol–water partition coefficient (Wildman–Crippen LogP) is 2.29. The number of para-hydroxylation sites is 1. The Kier molecular flexibility index (Phi) is 4.70. The van der Waals surface area contributed by atoms with Crippen LogP contribution in [0.2, 0.25) is 0 Å². The zero-order valence-electron chi connectivity index (χ0n) is 15.0. The van der Waals surface area contributed by atoms with Crippen LogP contribution in [0.1, 0.15) is 24.5 Å². The van der Waals surface area contributed by atoms with E-state index in [4.69, 9.17) is 4.74 Å². The first-order chi connectivity index (χ1) is 13.1. The van der Waals surface area contributed by atoms with Gasteiger partial charge in [-0.15, -0.1) is 0 Å². The van der Waals surface area contributed by atoms with Gasteiger partial charge in [0, 0.05) is 38.4 Å². The molecule has 0 aliphatic carbocycles. The lowest BCUT2D eigenvalue weighted by molar-refractivity contribution is -0.134. The van der Waals surface area contributed by atoms with Gasteiger partial charge in [0.2, 0.25) is 0 Å². The largest absolute Gasteiger partial charge is 0.481 e. The van der Waals surface area contributed by atoms with Gasteiger partial charge in [-0.05, 0) is 25.0 Å². The highest BCUT2D eigenvalue weighted by Gasteiger charge is 2.28. The average Bonchev–Trinajstić information content (AvgIpc) is 3.04. The molecule has 0 spiro atoms. The number of fused-ring (bicyclic) bond motifs is 1. The molecule has 7 nitrogen and oxygen atoms in total. The molecule has 0 bridgehead atoms. The van der Waals surface area contributed by atoms with Gasteiger partial charge < -0.3 is 9.64 Å². The van der Waals surface area contributed by atoms with Crippen molar-refractivity contribution in [3.8, 4) is 5.75 Å². The van der Waals surface area contributed by atoms with Gasteiger partial charge in [-0.3, -0.25) is 4.79 Å². The zero-order chi connectivity index (χ0) is 18.8. The van der Waals surface area contributed by atoms with Gasteiger partial charge in [-0.25, -0.2) is 19.0 Å². The zero-order valence-corrected chi connectivity index (χ0v) is 15.0. The van der Waals surface area contributed by atoms with Crippen LogP contribution in [0.5, 0.6) is 5.75 Å². The number of halogens is 1. The van der Waals surface area contributed by atoms with Crippen LogP contribution in [0.3, 0.4) is 0 Å². The van der Waals surface area contributed by atoms with E-state index < -0.39 is 5.82 Å². The van der Waals surface area contributed by atoms with Crippen LogP contribution in [0.4, 0.5) is 4.39 Å². The number of hydrogen-bond acceptors (Lipinski definition) is 5. The Hall–Kier alpha value is -3.03. The number of hydrogen-bond donors (Lipinski definition) is 0. The van der Waals surface area contributed by atoms with Crippen molar-refractivity contribution in [2.75, 3.05) is 19.7 Å². The summed E-state index contributed by atoms with van der Waals surface area (Å²) in [6.45, 7) is 1.06. The van der Waals surface area contributed by atoms with Gasteiger partial charge in [0.15, 0.2) is 23.8 Å². The fourth-order valence-electron chi connectivity index (χ4n) is 3.47. The van der Waals surface area contributed by atoms with E-state index in [9.17, 15) is 9.18 Å². The Morgan fingerprint density at radius 2 is 1.96 bits per heavy atom. The van der Waals surface area contributed by atoms with Gasteiger partial charge in [-0.2, -0.15) is 5.10 Å². The molecule has 1 aromatic carbocycles. The number of carbonyl (C=O) groups excluding carboxylic acids is 1. The molecule has 0 N–H and O–H groups in total. The number of aryl methyl sites for hydroxylation is 1. The minimum Gasteiger partial charge on any atom is -0.481 e. The van der Waals surface area contributed by atoms with Crippen LogP contribution in [0, 0.1) is 5.82 Å². The van der Waals surface area contributed by atoms with E-state index in [2.05, 4.69) is 15.1 Å². The summed E-state index contributed by atoms with van der Waals surface area (Å²) in [5.74, 6) is -0.268. The van der Waals surface area contributed by atoms with E-state index >= 15 is 0 Å². The summed E-state index contributed by atoms with van der Waals surface area (Å²) in [6.07, 6.45) is 4.93. The molecule has 0 unspecified atom stereocenters. The maximum atomic E-state index is 13.6. The highest BCUT2D eigenvalue weighted by molar-refractivity contribution is 5.78. The van der Waals surface area contributed by atoms with E-state index in [-0.39, 0.29) is 24.2 Å². The summed E-state index contributed by atoms with van der Waals surface area (Å²) in [6, 6.07) is 6.09. The van der Waals surface area contributed by atoms with Crippen LogP contribution < -0.4 is 4.74 Å². The molecule has 1 aliphatic rings. The summed E-state index contributed by atoms with van der Waals surface area (Å²) in [7, 11) is 1.86. The first-order valence-electron chi connectivity index (χ1n) is 8.92. The molecule has 0 radical (unpaired) electrons. The fraction of sp³-hybridized carbons (Fsp3) is 0.368. The molecule has 1 saturated heterocycles. The van der Waals surface area contributed by atoms with E-state index in [1.54, 1.807) is 34.1 Å². The fourth-order valence-corrected chi connectivity index (χ4v) is 3.47. The van der Waals surface area contributed by atoms with Crippen molar-refractivity contribution in [2.45, 2.75) is 18.8 Å². The van der Waals surface area contributed by atoms with Gasteiger partial charge >= 0.3 is 0 Å². The van der Waals surface area contributed by atoms with Gasteiger partial charge in [-0.1, -0.05) is 12.1 Å². The second kappa shape index (κ2) is 7.30. The minimum absolute atomic E-state index is 0.0965. The van der Waals surface area contributed by atoms with Crippen LogP contribution in [0.25, 0.3) is 11.2 Å². The van der Waals surface area contributed by atoms with Crippen molar-refractivity contribution >= 4 is 17.1 Å². The summed E-state index contributed by atoms with van der Waals surface area (Å²) in [5, 5.41) is 4.59. The van der Waals surface area contributed by atoms with Crippen molar-refractivity contribution in [2.24, 2.45) is 7.05 Å². The molecule has 27 heavy (non-hydrogen) atoms. The molecule has 8 heteroatoms. The first-order valence-corrected chi connectivity index (χ1v) is 8.92. The van der Waals surface area contributed by atoms with Crippen LogP contribution in [-0.2, 0) is 11.8 Å². The number of likely N-dealkylation sites (tertiary alicyclic amines) is 1. The summed E-state index contributed by atoms with van der Waals surface area (Å²) < 4.78 is 20.7. The van der Waals surface area contributed by atoms with Crippen molar-refractivity contribution in [1.29, 1.82) is 0 Å². The number of amides is 1. The lowest BCUT2D eigenvalue weighted by Gasteiger charge is -2.31. The monoisotopic (exact) mass is 369 g/mol. The molecule has 1 fully saturated rings. The van der Waals surface area contributed by atoms with Gasteiger partial charge in [0.1, 0.15) is 5.52 Å². The number of carbonyl (C=O) groups is 1. The third-order valence-electron chi connectivity index (χ3n) is 4.91. The normalized spacial score (nSPS) is 15.3. The Labute approximate surface area is 155 Å². The van der Waals surface area contributed by atoms with E-state index in [0.717, 1.165) is 29.7 Å². The Morgan fingerprint density at radius 1 is 1.22 bits per heavy atom. The maximum absolute atomic E-state index is 13.6. The molecule has 0 saturated carbocycles. The van der Waals surface area contributed by atoms with Crippen LogP contribution >= 0.6 is 0 Å². The topological polar surface area (TPSA) is 73.1 Å². The van der Waals surface area contributed by atoms with E-state index in [1.807, 2.05) is 7.05 Å². The average molecular weight is 369 g/mol. The summed E-state index contributed by atoms with van der Waals surface area (Å²) in [5.41, 5.74) is 2.53. The Bertz CT molecular complexity index is 966. The molecule has 1 amide bonds. The van der Waals surface area contributed by atoms with Crippen LogP contribution in [-0.4, -0.2) is 50.3 Å². The smallest absolute Gasteiger partial charge is 0.260 e. The quantitative estimate of drug-likeness (QED) is 0.705. The number of nitrogens with zero attached hydrogens (tertiary/aromatic N) is 5. The van der Waals surface area contributed by atoms with Gasteiger partial charge in [0.25, 0.3) is 5.91 Å². The number of piperidine rings is 1. The first kappa shape index (κ1) is 17.4. The minimum atomic E-state index is -0.466. The van der Waals surface area contributed by atoms with Crippen LogP contribution in [0.15, 0.2) is 36.7 Å². The SMILES string of the molecule is Cn1nc(C2CCN(C(=O)COc3ccccc3F)CC2)c2nccnc21. The third kappa shape index (κ3) is 3.47. The second-order valence-electron chi connectivity index (χ2n) is 6.61. The van der Waals surface area contributed by atoms with E-state index in [1.165, 1.54) is 12.1 Å². The molecule has 140 valence electrons. The van der Waals surface area contributed by atoms with Crippen molar-refractivity contribution in [3.63, 3.8) is 0 Å². The standard InChI is InChI=1S/C19H20FN5O2/c1-24-19-18(21-8-9-22-19)17(23-24)13-6-10-25(11-7-13)16(26)12-27-15-5-3-2-4-14(15)20/h2-5,8-9,13H,6-7,10-12H2,1H3.